The van der Waals surface area contributed by atoms with Crippen LogP contribution in [0.4, 0.5) is 5.82 Å². The quantitative estimate of drug-likeness (QED) is 0.660. The van der Waals surface area contributed by atoms with E-state index < -0.39 is 30.3 Å². The molecule has 8 heteroatoms. The maximum Gasteiger partial charge on any atom is 0.326 e. The molecule has 1 atom stereocenters. The molecule has 1 heterocycles. The highest BCUT2D eigenvalue weighted by Gasteiger charge is 2.23. The van der Waals surface area contributed by atoms with Gasteiger partial charge in [0.2, 0.25) is 0 Å². The number of hydrogen-bond acceptors (Lipinski definition) is 5. The fourth-order valence-electron chi connectivity index (χ4n) is 1.40. The van der Waals surface area contributed by atoms with E-state index in [2.05, 4.69) is 10.3 Å². The summed E-state index contributed by atoms with van der Waals surface area (Å²) in [6.45, 7) is 0. The molecule has 0 aromatic carbocycles. The normalized spacial score (nSPS) is 11.5. The molecule has 0 unspecified atom stereocenters. The Kier molecular flexibility index (Phi) is 5.01. The van der Waals surface area contributed by atoms with Crippen LogP contribution in [0.2, 0.25) is 0 Å². The monoisotopic (exact) mass is 281 g/mol. The number of nitrogens with one attached hydrogen (secondary N) is 1. The van der Waals surface area contributed by atoms with E-state index in [4.69, 9.17) is 10.2 Å². The first-order chi connectivity index (χ1) is 9.31. The van der Waals surface area contributed by atoms with Gasteiger partial charge in [-0.25, -0.2) is 9.78 Å². The molecule has 0 saturated carbocycles. The van der Waals surface area contributed by atoms with Gasteiger partial charge in [0.1, 0.15) is 11.9 Å². The summed E-state index contributed by atoms with van der Waals surface area (Å²) in [4.78, 5) is 38.9. The fraction of sp³-hybridized carbons (Fsp3) is 0.333. The first kappa shape index (κ1) is 15.4. The second-order valence-electron chi connectivity index (χ2n) is 4.26. The Hall–Kier alpha value is -2.64. The van der Waals surface area contributed by atoms with Crippen LogP contribution in [0, 0.1) is 0 Å². The number of aliphatic carboxylic acids is 2. The highest BCUT2D eigenvalue weighted by atomic mass is 16.4. The molecule has 1 aromatic rings. The molecule has 0 aliphatic heterocycles. The summed E-state index contributed by atoms with van der Waals surface area (Å²) in [5, 5.41) is 19.6. The second kappa shape index (κ2) is 6.50. The fourth-order valence-corrected chi connectivity index (χ4v) is 1.40. The topological polar surface area (TPSA) is 120 Å². The zero-order valence-electron chi connectivity index (χ0n) is 11.0. The summed E-state index contributed by atoms with van der Waals surface area (Å²) >= 11 is 0. The van der Waals surface area contributed by atoms with Gasteiger partial charge in [-0.1, -0.05) is 0 Å². The Morgan fingerprint density at radius 2 is 1.95 bits per heavy atom. The molecule has 1 rings (SSSR count). The molecule has 0 bridgehead atoms. The van der Waals surface area contributed by atoms with Gasteiger partial charge in [0.05, 0.1) is 12.0 Å². The van der Waals surface area contributed by atoms with Crippen LogP contribution in [0.25, 0.3) is 0 Å². The lowest BCUT2D eigenvalue weighted by Gasteiger charge is -2.13. The van der Waals surface area contributed by atoms with Crippen LogP contribution in [0.1, 0.15) is 16.8 Å². The predicted molar refractivity (Wildman–Crippen MR) is 69.7 cm³/mol. The van der Waals surface area contributed by atoms with E-state index in [1.807, 2.05) is 0 Å². The first-order valence-corrected chi connectivity index (χ1v) is 5.70. The minimum Gasteiger partial charge on any atom is -0.481 e. The number of carbonyl (C=O) groups excluding carboxylic acids is 1. The predicted octanol–water partition coefficient (Wildman–Crippen LogP) is -0.195. The summed E-state index contributed by atoms with van der Waals surface area (Å²) < 4.78 is 0. The van der Waals surface area contributed by atoms with Crippen LogP contribution >= 0.6 is 0 Å². The molecule has 108 valence electrons. The summed E-state index contributed by atoms with van der Waals surface area (Å²) in [5.74, 6) is -2.75. The van der Waals surface area contributed by atoms with Gasteiger partial charge < -0.3 is 20.4 Å². The number of nitrogens with zero attached hydrogens (tertiary/aromatic N) is 2. The summed E-state index contributed by atoms with van der Waals surface area (Å²) in [6.07, 6.45) is 0.606. The summed E-state index contributed by atoms with van der Waals surface area (Å²) in [6, 6.07) is 1.60. The van der Waals surface area contributed by atoms with Crippen LogP contribution in [-0.2, 0) is 9.59 Å². The average molecular weight is 281 g/mol. The zero-order valence-corrected chi connectivity index (χ0v) is 11.0. The lowest BCUT2D eigenvalue weighted by Crippen LogP contribution is -2.42. The lowest BCUT2D eigenvalue weighted by atomic mass is 10.2. The third-order valence-electron chi connectivity index (χ3n) is 2.45. The van der Waals surface area contributed by atoms with E-state index in [0.29, 0.717) is 5.82 Å². The summed E-state index contributed by atoms with van der Waals surface area (Å²) in [7, 11) is 3.57. The number of hydrogen-bond donors (Lipinski definition) is 3. The number of rotatable bonds is 6. The molecule has 0 fully saturated rings. The molecule has 1 amide bonds. The van der Waals surface area contributed by atoms with Crippen molar-refractivity contribution in [2.75, 3.05) is 19.0 Å². The minimum atomic E-state index is -1.48. The first-order valence-electron chi connectivity index (χ1n) is 5.70. The number of carboxylic acids is 2. The second-order valence-corrected chi connectivity index (χ2v) is 4.26. The Morgan fingerprint density at radius 1 is 1.30 bits per heavy atom. The van der Waals surface area contributed by atoms with E-state index in [1.165, 1.54) is 12.3 Å². The van der Waals surface area contributed by atoms with Crippen molar-refractivity contribution in [3.8, 4) is 0 Å². The molecule has 0 saturated heterocycles. The lowest BCUT2D eigenvalue weighted by molar-refractivity contribution is -0.145. The molecule has 20 heavy (non-hydrogen) atoms. The zero-order chi connectivity index (χ0) is 15.3. The van der Waals surface area contributed by atoms with Gasteiger partial charge in [0.25, 0.3) is 5.91 Å². The molecule has 0 aliphatic carbocycles. The molecule has 3 N–H and O–H groups in total. The van der Waals surface area contributed by atoms with Crippen LogP contribution in [0.15, 0.2) is 18.3 Å². The van der Waals surface area contributed by atoms with Gasteiger partial charge in [-0.3, -0.25) is 9.59 Å². The van der Waals surface area contributed by atoms with Crippen LogP contribution in [-0.4, -0.2) is 53.2 Å². The van der Waals surface area contributed by atoms with E-state index in [0.717, 1.165) is 0 Å². The van der Waals surface area contributed by atoms with Crippen LogP contribution < -0.4 is 10.2 Å². The largest absolute Gasteiger partial charge is 0.481 e. The van der Waals surface area contributed by atoms with Crippen molar-refractivity contribution in [1.29, 1.82) is 0 Å². The Bertz CT molecular complexity index is 512. The van der Waals surface area contributed by atoms with Gasteiger partial charge in [-0.15, -0.1) is 0 Å². The Labute approximate surface area is 115 Å². The molecule has 0 radical (unpaired) electrons. The van der Waals surface area contributed by atoms with Crippen LogP contribution in [0.5, 0.6) is 0 Å². The number of carboxylic acid groups (broad SMARTS) is 2. The molecule has 1 aromatic heterocycles. The van der Waals surface area contributed by atoms with Crippen molar-refractivity contribution in [2.24, 2.45) is 0 Å². The smallest absolute Gasteiger partial charge is 0.326 e. The maximum atomic E-state index is 11.8. The average Bonchev–Trinajstić information content (AvgIpc) is 2.37. The van der Waals surface area contributed by atoms with Crippen LogP contribution in [0.3, 0.4) is 0 Å². The van der Waals surface area contributed by atoms with Crippen molar-refractivity contribution in [1.82, 2.24) is 10.3 Å². The van der Waals surface area contributed by atoms with Crippen molar-refractivity contribution >= 4 is 23.7 Å². The highest BCUT2D eigenvalue weighted by molar-refractivity contribution is 5.97. The third-order valence-corrected chi connectivity index (χ3v) is 2.45. The number of carbonyl (C=O) groups is 3. The molecule has 8 nitrogen and oxygen atoms in total. The van der Waals surface area contributed by atoms with Gasteiger partial charge >= 0.3 is 11.9 Å². The Morgan fingerprint density at radius 3 is 2.35 bits per heavy atom. The third kappa shape index (κ3) is 4.23. The Balaban J connectivity index is 2.78. The van der Waals surface area contributed by atoms with Crippen molar-refractivity contribution in [3.63, 3.8) is 0 Å². The van der Waals surface area contributed by atoms with Gasteiger partial charge in [0.15, 0.2) is 0 Å². The van der Waals surface area contributed by atoms with E-state index in [9.17, 15) is 14.4 Å². The van der Waals surface area contributed by atoms with Gasteiger partial charge in [-0.2, -0.15) is 0 Å². The molecule has 0 spiro atoms. The van der Waals surface area contributed by atoms with Gasteiger partial charge in [-0.05, 0) is 12.1 Å². The number of pyridine rings is 1. The molecule has 0 aliphatic rings. The standard InChI is InChI=1S/C12H15N3O5/c1-15(2)9-4-3-7(6-13-9)11(18)14-8(12(19)20)5-10(16)17/h3-4,6,8H,5H2,1-2H3,(H,14,18)(H,16,17)(H,19,20)/t8-/m1/s1. The SMILES string of the molecule is CN(C)c1ccc(C(=O)N[C@H](CC(=O)O)C(=O)O)cn1. The molecular weight excluding hydrogens is 266 g/mol. The minimum absolute atomic E-state index is 0.159. The summed E-state index contributed by atoms with van der Waals surface area (Å²) in [5.41, 5.74) is 0.159. The van der Waals surface area contributed by atoms with Crippen molar-refractivity contribution < 1.29 is 24.6 Å². The highest BCUT2D eigenvalue weighted by Crippen LogP contribution is 2.08. The van der Waals surface area contributed by atoms with E-state index >= 15 is 0 Å². The number of anilines is 1. The number of aromatic nitrogens is 1. The van der Waals surface area contributed by atoms with E-state index in [1.54, 1.807) is 25.1 Å². The number of amides is 1. The maximum absolute atomic E-state index is 11.8. The molecular formula is C12H15N3O5. The van der Waals surface area contributed by atoms with E-state index in [-0.39, 0.29) is 5.56 Å². The van der Waals surface area contributed by atoms with Gasteiger partial charge in [0, 0.05) is 20.3 Å². The van der Waals surface area contributed by atoms with Crippen molar-refractivity contribution in [3.05, 3.63) is 23.9 Å². The van der Waals surface area contributed by atoms with Crippen molar-refractivity contribution in [2.45, 2.75) is 12.5 Å².